The van der Waals surface area contributed by atoms with Crippen LogP contribution in [0.5, 0.6) is 0 Å². The summed E-state index contributed by atoms with van der Waals surface area (Å²) >= 11 is 21.8. The van der Waals surface area contributed by atoms with Crippen LogP contribution in [-0.4, -0.2) is 214 Å². The van der Waals surface area contributed by atoms with Gasteiger partial charge in [-0.1, -0.05) is 13.8 Å². The molecule has 4 fully saturated rings. The van der Waals surface area contributed by atoms with Crippen molar-refractivity contribution in [1.29, 1.82) is 0 Å². The van der Waals surface area contributed by atoms with Gasteiger partial charge in [-0.25, -0.2) is 114 Å². The van der Waals surface area contributed by atoms with E-state index in [0.717, 1.165) is 49.3 Å². The highest BCUT2D eigenvalue weighted by Crippen LogP contribution is 2.40. The summed E-state index contributed by atoms with van der Waals surface area (Å²) in [5.74, 6) is -17.1. The zero-order valence-corrected chi connectivity index (χ0v) is 86.0. The number of carbonyl (C=O) groups is 8. The number of hydrogen-bond donors (Lipinski definition) is 7. The number of esters is 4. The average molecular weight is 2330 g/mol. The number of carbonyl (C=O) groups excluding carboxylic acids is 7. The lowest BCUT2D eigenvalue weighted by molar-refractivity contribution is -0.140. The molecule has 1 amide bonds. The van der Waals surface area contributed by atoms with Gasteiger partial charge in [0.15, 0.2) is 77.9 Å². The minimum absolute atomic E-state index is 0.00242. The van der Waals surface area contributed by atoms with Crippen LogP contribution in [0.15, 0.2) is 68.7 Å². The number of hydrogen-bond acceptors (Lipinski definition) is 37. The summed E-state index contributed by atoms with van der Waals surface area (Å²) in [6.07, 6.45) is -4.88. The Morgan fingerprint density at radius 1 is 0.474 bits per heavy atom. The van der Waals surface area contributed by atoms with E-state index in [1.54, 1.807) is 35.4 Å². The number of anilines is 3. The molecule has 0 aromatic carbocycles. The summed E-state index contributed by atoms with van der Waals surface area (Å²) in [5, 5.41) is 30.0. The van der Waals surface area contributed by atoms with Crippen molar-refractivity contribution in [1.82, 2.24) is 65.2 Å². The number of Topliss-reactive ketones (excluding diaryl/α,β-unsaturated/α-hetero) is 2. The number of hydroxylamine groups is 2. The van der Waals surface area contributed by atoms with Crippen LogP contribution in [0.1, 0.15) is 245 Å². The first kappa shape index (κ1) is 119. The molecule has 0 unspecified atom stereocenters. The van der Waals surface area contributed by atoms with Crippen LogP contribution in [-0.2, 0) is 35.9 Å². The molecule has 13 rings (SSSR count). The van der Waals surface area contributed by atoms with Gasteiger partial charge in [-0.2, -0.15) is 36.9 Å². The van der Waals surface area contributed by atoms with Crippen LogP contribution in [0.25, 0.3) is 10.8 Å². The Bertz CT molecular complexity index is 5120. The monoisotopic (exact) mass is 2330 g/mol. The largest absolute Gasteiger partial charge is 0.476 e. The number of carboxylic acids is 1. The number of alkyl halides is 13. The van der Waals surface area contributed by atoms with Crippen molar-refractivity contribution in [2.24, 2.45) is 21.5 Å². The van der Waals surface area contributed by atoms with E-state index in [-0.39, 0.29) is 206 Å². The smallest absolute Gasteiger partial charge is 0.434 e. The minimum atomic E-state index is -4.63. The Kier molecular flexibility index (Phi) is 50.1. The van der Waals surface area contributed by atoms with E-state index in [0.29, 0.717) is 64.2 Å². The number of methoxy groups -OCH3 is 2. The van der Waals surface area contributed by atoms with Gasteiger partial charge in [-0.05, 0) is 129 Å². The number of nitrogens with two attached hydrogens (primary N) is 3. The van der Waals surface area contributed by atoms with Crippen LogP contribution in [0.3, 0.4) is 0 Å². The maximum Gasteiger partial charge on any atom is 0.434 e. The van der Waals surface area contributed by atoms with Gasteiger partial charge in [0, 0.05) is 134 Å². The van der Waals surface area contributed by atoms with Crippen molar-refractivity contribution in [3.05, 3.63) is 114 Å². The number of amides is 1. The third-order valence-electron chi connectivity index (χ3n) is 17.3. The molecule has 4 aliphatic carbocycles. The van der Waals surface area contributed by atoms with E-state index < -0.39 is 71.1 Å². The normalized spacial score (nSPS) is 15.6. The molecule has 0 spiro atoms. The number of nitrogens with zero attached hydrogens (tertiary/aromatic N) is 14. The number of rotatable bonds is 19. The number of nitrogen functional groups attached to an aromatic ring is 1. The van der Waals surface area contributed by atoms with E-state index in [1.165, 1.54) is 110 Å². The topological polar surface area (TPSA) is 487 Å². The fraction of sp³-hybridized carbons (Fsp3) is 0.513. The predicted octanol–water partition coefficient (Wildman–Crippen LogP) is 20.8. The van der Waals surface area contributed by atoms with Crippen molar-refractivity contribution in [2.45, 2.75) is 211 Å². The first-order valence-electron chi connectivity index (χ1n) is 39.5. The van der Waals surface area contributed by atoms with Gasteiger partial charge in [0.25, 0.3) is 11.8 Å². The van der Waals surface area contributed by atoms with Gasteiger partial charge in [0.1, 0.15) is 22.8 Å². The van der Waals surface area contributed by atoms with Gasteiger partial charge in [0.05, 0.1) is 46.6 Å². The summed E-state index contributed by atoms with van der Waals surface area (Å²) in [5.41, 5.74) is 17.2. The zero-order valence-electron chi connectivity index (χ0n) is 73.1. The van der Waals surface area contributed by atoms with Gasteiger partial charge in [-0.3, -0.25) is 24.5 Å². The summed E-state index contributed by atoms with van der Waals surface area (Å²) < 4.78 is 191. The lowest BCUT2D eigenvalue weighted by Gasteiger charge is -2.29. The van der Waals surface area contributed by atoms with Gasteiger partial charge in [-0.15, -0.1) is 90.7 Å². The molecule has 9 aromatic heterocycles. The first-order valence-corrected chi connectivity index (χ1v) is 49.7. The standard InChI is InChI=1S/C19H21F7N6S.C14H23F4N5.C7H7F2NO2S.C7H7NO3S.C6H7BrN2O2S.C6H6BrNO2S.C6H8N2O2S.C5H4BrNOS.C4H2BrNO2S.C2H6/c20-17(21)5-1-10(2-6-17)27-15-30-13(14-29-12(9-33-14)19(24,25)26)31-16(32-15)28-11-3-7-18(22,23)8-4-11;15-13(16)5-1-9(2-6-13)21-11(19)23-12(20)22-10-3-7-14(17,18)8-4-10;1-7(8,9)4-3-13-5(10-4)6(11)12-2;1-4(9)5-3-12-6(8-5)7(10)11-2;1-9(11-2)5(10)4-3-12-6(7)8-4;2*1-2-10-5(9)4-3-11-6(7)8-4;1-3(8)4-2-9-5(6)7-4;5-4-6-2(1-9-4)3(7)8;1-2/h9-11H,1-8H2,(H2,27,28,30,31,32);9-10H,1-8H2,(H5,19,20,21,22,23);3H,1-2H3;2*3H,1-2H3;3H,2H2,1H3;3H,2H2,1H3,(H2,7,8);2H,1H3;1H,(H,7,8);1-2H3. The Hall–Kier alpha value is -8.68. The number of aliphatic imine (C=N–C) groups is 2. The van der Waals surface area contributed by atoms with Crippen LogP contribution in [0.4, 0.5) is 74.1 Å². The highest BCUT2D eigenvalue weighted by atomic mass is 79.9. The summed E-state index contributed by atoms with van der Waals surface area (Å²) in [6, 6.07) is -1.21. The second kappa shape index (κ2) is 57.0. The molecule has 0 bridgehead atoms. The number of aromatic nitrogens is 11. The molecular formula is C76H91Br4F13N20O14S8. The lowest BCUT2D eigenvalue weighted by Crippen LogP contribution is -2.43. The summed E-state index contributed by atoms with van der Waals surface area (Å²) in [4.78, 5) is 142. The molecule has 4 aliphatic rings. The third-order valence-corrected chi connectivity index (χ3v) is 25.9. The second-order valence-electron chi connectivity index (χ2n) is 27.5. The Balaban J connectivity index is 0.000000330. The van der Waals surface area contributed by atoms with Gasteiger partial charge < -0.3 is 51.9 Å². The number of carboxylic acid groups (broad SMARTS) is 1. The molecule has 0 aliphatic heterocycles. The minimum Gasteiger partial charge on any atom is -0.476 e. The van der Waals surface area contributed by atoms with Crippen molar-refractivity contribution in [2.75, 3.05) is 58.0 Å². The maximum absolute atomic E-state index is 13.4. The fourth-order valence-corrected chi connectivity index (χ4v) is 17.4. The molecule has 0 atom stereocenters. The summed E-state index contributed by atoms with van der Waals surface area (Å²) in [6.45, 7) is 11.9. The Morgan fingerprint density at radius 2 is 0.822 bits per heavy atom. The van der Waals surface area contributed by atoms with Crippen LogP contribution >= 0.6 is 154 Å². The number of halogens is 17. The summed E-state index contributed by atoms with van der Waals surface area (Å²) in [7, 11) is 5.42. The molecule has 9 heterocycles. The Morgan fingerprint density at radius 3 is 1.13 bits per heavy atom. The molecule has 746 valence electrons. The van der Waals surface area contributed by atoms with Crippen molar-refractivity contribution in [3.63, 3.8) is 0 Å². The Labute approximate surface area is 829 Å². The van der Waals surface area contributed by atoms with Gasteiger partial charge in [0.2, 0.25) is 45.6 Å². The number of guanidine groups is 2. The van der Waals surface area contributed by atoms with Crippen molar-refractivity contribution in [3.8, 4) is 10.8 Å². The van der Waals surface area contributed by atoms with Crippen LogP contribution < -0.4 is 33.2 Å². The quantitative estimate of drug-likeness (QED) is 0.00752. The van der Waals surface area contributed by atoms with E-state index in [9.17, 15) is 95.4 Å². The van der Waals surface area contributed by atoms with E-state index >= 15 is 0 Å². The molecule has 135 heavy (non-hydrogen) atoms. The lowest BCUT2D eigenvalue weighted by atomic mass is 9.92. The zero-order chi connectivity index (χ0) is 102. The fourth-order valence-electron chi connectivity index (χ4n) is 10.5. The molecule has 59 heteroatoms. The van der Waals surface area contributed by atoms with E-state index in [1.807, 2.05) is 13.8 Å². The average Bonchev–Trinajstić information content (AvgIpc) is 1.75. The second-order valence-corrected chi connectivity index (χ2v) is 39.5. The highest BCUT2D eigenvalue weighted by molar-refractivity contribution is 9.11. The van der Waals surface area contributed by atoms with Crippen LogP contribution in [0.2, 0.25) is 0 Å². The SMILES string of the molecule is CC.CC(=O)c1csc(Br)n1.CCOC(=O)c1csc(Br)n1.CCOC(=O)c1csc(N)n1.COC(=O)c1nc(C(C)(F)F)cs1.COC(=O)c1nc(C(C)=O)cs1.CON(C)C(=O)c1csc(Br)n1.FC1(F)CCC(Nc2nc(NC3CCC(F)(F)CC3)nc(-c3nc(C(F)(F)F)cs3)n2)CC1.NC(=NC1CCC(F)(F)CC1)NC(N)=NC1CCC(F)(F)CC1.O=C(O)c1csc(Br)n1. The van der Waals surface area contributed by atoms with Crippen molar-refractivity contribution < 1.29 is 124 Å². The molecule has 9 aromatic rings. The molecule has 4 saturated carbocycles. The number of ether oxygens (including phenoxy) is 4. The van der Waals surface area contributed by atoms with Crippen molar-refractivity contribution >= 4 is 231 Å². The number of thiazole rings is 8. The van der Waals surface area contributed by atoms with E-state index in [4.69, 9.17) is 36.6 Å². The first-order chi connectivity index (χ1) is 63.1. The maximum atomic E-state index is 13.4. The molecule has 34 nitrogen and oxygen atoms in total. The number of nitrogens with one attached hydrogen (secondary N) is 3. The molecule has 10 N–H and O–H groups in total. The molecular weight excluding hydrogens is 2240 g/mol. The van der Waals surface area contributed by atoms with Gasteiger partial charge >= 0.3 is 36.0 Å². The molecule has 0 saturated heterocycles. The molecule has 0 radical (unpaired) electrons. The number of ketones is 2. The predicted molar refractivity (Wildman–Crippen MR) is 500 cm³/mol. The van der Waals surface area contributed by atoms with Crippen LogP contribution in [0, 0.1) is 0 Å². The highest BCUT2D eigenvalue weighted by Gasteiger charge is 2.40. The van der Waals surface area contributed by atoms with E-state index in [2.05, 4.69) is 154 Å². The number of aromatic carboxylic acids is 1. The third kappa shape index (κ3) is 44.3.